The maximum absolute atomic E-state index is 13.4. The van der Waals surface area contributed by atoms with Crippen LogP contribution in [0.15, 0.2) is 77.7 Å². The van der Waals surface area contributed by atoms with Crippen molar-refractivity contribution in [1.29, 1.82) is 0 Å². The minimum absolute atomic E-state index is 0.0218. The second-order valence-corrected chi connectivity index (χ2v) is 9.46. The lowest BCUT2D eigenvalue weighted by Gasteiger charge is -2.22. The van der Waals surface area contributed by atoms with E-state index >= 15 is 0 Å². The van der Waals surface area contributed by atoms with Crippen molar-refractivity contribution in [2.75, 3.05) is 32.6 Å². The first kappa shape index (κ1) is 24.6. The van der Waals surface area contributed by atoms with Gasteiger partial charge in [-0.05, 0) is 42.3 Å². The Hall–Kier alpha value is -3.07. The van der Waals surface area contributed by atoms with Crippen LogP contribution < -0.4 is 14.8 Å². The van der Waals surface area contributed by atoms with Gasteiger partial charge in [-0.1, -0.05) is 54.1 Å². The van der Waals surface area contributed by atoms with Crippen LogP contribution in [0.4, 0.5) is 5.69 Å². The number of anilines is 1. The lowest BCUT2D eigenvalue weighted by molar-refractivity contribution is -0.116. The Morgan fingerprint density at radius 1 is 0.939 bits per heavy atom. The number of hydrogen-bond donors (Lipinski definition) is 1. The Morgan fingerprint density at radius 2 is 1.61 bits per heavy atom. The highest BCUT2D eigenvalue weighted by molar-refractivity contribution is 7.89. The van der Waals surface area contributed by atoms with Gasteiger partial charge in [-0.25, -0.2) is 8.42 Å². The molecule has 0 saturated heterocycles. The molecule has 0 heterocycles. The van der Waals surface area contributed by atoms with Gasteiger partial charge in [0, 0.05) is 6.54 Å². The van der Waals surface area contributed by atoms with Crippen LogP contribution >= 0.6 is 11.6 Å². The maximum atomic E-state index is 13.4. The smallest absolute Gasteiger partial charge is 0.243 e. The van der Waals surface area contributed by atoms with E-state index in [-0.39, 0.29) is 23.0 Å². The number of carbonyl (C=O) groups excluding carboxylic acids is 1. The van der Waals surface area contributed by atoms with Crippen LogP contribution in [-0.4, -0.2) is 45.9 Å². The molecule has 0 aliphatic carbocycles. The van der Waals surface area contributed by atoms with E-state index in [4.69, 9.17) is 21.1 Å². The van der Waals surface area contributed by atoms with Crippen LogP contribution in [0.3, 0.4) is 0 Å². The fourth-order valence-corrected chi connectivity index (χ4v) is 4.98. The summed E-state index contributed by atoms with van der Waals surface area (Å²) in [4.78, 5) is 12.8. The Bertz CT molecular complexity index is 1200. The molecular weight excluding hydrogens is 464 g/mol. The molecule has 174 valence electrons. The number of hydrogen-bond acceptors (Lipinski definition) is 5. The Labute approximate surface area is 198 Å². The highest BCUT2D eigenvalue weighted by Crippen LogP contribution is 2.29. The Balaban J connectivity index is 1.86. The number of methoxy groups -OCH3 is 2. The van der Waals surface area contributed by atoms with Gasteiger partial charge < -0.3 is 14.8 Å². The molecule has 0 aromatic heterocycles. The van der Waals surface area contributed by atoms with Gasteiger partial charge in [-0.15, -0.1) is 0 Å². The molecule has 3 aromatic rings. The SMILES string of the molecule is COc1ccc(S(=O)(=O)N(CCc2ccccc2)CC(=O)Nc2ccccc2OC)cc1Cl. The topological polar surface area (TPSA) is 84.9 Å². The number of nitrogens with one attached hydrogen (secondary N) is 1. The summed E-state index contributed by atoms with van der Waals surface area (Å²) < 4.78 is 38.4. The average Bonchev–Trinajstić information content (AvgIpc) is 2.82. The summed E-state index contributed by atoms with van der Waals surface area (Å²) in [6.45, 7) is -0.272. The minimum Gasteiger partial charge on any atom is -0.495 e. The molecule has 33 heavy (non-hydrogen) atoms. The molecule has 0 bridgehead atoms. The summed E-state index contributed by atoms with van der Waals surface area (Å²) in [5.74, 6) is 0.350. The number of ether oxygens (including phenoxy) is 2. The Morgan fingerprint density at radius 3 is 2.27 bits per heavy atom. The molecule has 0 aliphatic rings. The molecule has 9 heteroatoms. The molecule has 3 rings (SSSR count). The van der Waals surface area contributed by atoms with Crippen molar-refractivity contribution in [2.45, 2.75) is 11.3 Å². The maximum Gasteiger partial charge on any atom is 0.243 e. The van der Waals surface area contributed by atoms with Gasteiger partial charge in [0.1, 0.15) is 11.5 Å². The van der Waals surface area contributed by atoms with E-state index in [0.717, 1.165) is 9.87 Å². The first-order valence-corrected chi connectivity index (χ1v) is 12.0. The van der Waals surface area contributed by atoms with Gasteiger partial charge in [0.05, 0.1) is 36.4 Å². The zero-order valence-corrected chi connectivity index (χ0v) is 19.9. The van der Waals surface area contributed by atoms with Gasteiger partial charge in [0.15, 0.2) is 0 Å². The number of rotatable bonds is 10. The van der Waals surface area contributed by atoms with E-state index in [0.29, 0.717) is 23.6 Å². The molecule has 0 spiro atoms. The predicted octanol–water partition coefficient (Wildman–Crippen LogP) is 4.23. The van der Waals surface area contributed by atoms with Crippen molar-refractivity contribution in [3.63, 3.8) is 0 Å². The van der Waals surface area contributed by atoms with Gasteiger partial charge >= 0.3 is 0 Å². The van der Waals surface area contributed by atoms with Crippen LogP contribution in [-0.2, 0) is 21.2 Å². The van der Waals surface area contributed by atoms with Crippen molar-refractivity contribution in [1.82, 2.24) is 4.31 Å². The van der Waals surface area contributed by atoms with Crippen molar-refractivity contribution in [3.05, 3.63) is 83.4 Å². The predicted molar refractivity (Wildman–Crippen MR) is 129 cm³/mol. The minimum atomic E-state index is -4.02. The standard InChI is InChI=1S/C24H25ClN2O5S/c1-31-22-13-12-19(16-20(22)25)33(29,30)27(15-14-18-8-4-3-5-9-18)17-24(28)26-21-10-6-7-11-23(21)32-2/h3-13,16H,14-15,17H2,1-2H3,(H,26,28). The summed E-state index contributed by atoms with van der Waals surface area (Å²) in [6.07, 6.45) is 0.436. The van der Waals surface area contributed by atoms with E-state index in [9.17, 15) is 13.2 Å². The molecule has 3 aromatic carbocycles. The largest absolute Gasteiger partial charge is 0.495 e. The average molecular weight is 489 g/mol. The van der Waals surface area contributed by atoms with E-state index in [2.05, 4.69) is 5.32 Å². The molecule has 1 N–H and O–H groups in total. The summed E-state index contributed by atoms with van der Waals surface area (Å²) in [5, 5.41) is 2.89. The molecule has 0 aliphatic heterocycles. The summed E-state index contributed by atoms with van der Waals surface area (Å²) in [5.41, 5.74) is 1.41. The second kappa shape index (κ2) is 11.2. The normalized spacial score (nSPS) is 11.3. The molecule has 0 unspecified atom stereocenters. The van der Waals surface area contributed by atoms with Gasteiger partial charge in [-0.2, -0.15) is 4.31 Å². The zero-order valence-electron chi connectivity index (χ0n) is 18.3. The second-order valence-electron chi connectivity index (χ2n) is 7.12. The third-order valence-electron chi connectivity index (χ3n) is 4.95. The van der Waals surface area contributed by atoms with Crippen molar-refractivity contribution in [3.8, 4) is 11.5 Å². The zero-order chi connectivity index (χ0) is 23.8. The first-order valence-electron chi connectivity index (χ1n) is 10.2. The van der Waals surface area contributed by atoms with E-state index < -0.39 is 15.9 Å². The third-order valence-corrected chi connectivity index (χ3v) is 7.09. The Kier molecular flexibility index (Phi) is 8.32. The van der Waals surface area contributed by atoms with Crippen LogP contribution in [0, 0.1) is 0 Å². The highest BCUT2D eigenvalue weighted by Gasteiger charge is 2.27. The highest BCUT2D eigenvalue weighted by atomic mass is 35.5. The lowest BCUT2D eigenvalue weighted by Crippen LogP contribution is -2.39. The number of benzene rings is 3. The third kappa shape index (κ3) is 6.25. The summed E-state index contributed by atoms with van der Waals surface area (Å²) in [7, 11) is -1.08. The van der Waals surface area contributed by atoms with Crippen LogP contribution in [0.2, 0.25) is 5.02 Å². The summed E-state index contributed by atoms with van der Waals surface area (Å²) in [6, 6.07) is 20.6. The molecule has 0 saturated carbocycles. The number of halogens is 1. The number of sulfonamides is 1. The van der Waals surface area contributed by atoms with Gasteiger partial charge in [-0.3, -0.25) is 4.79 Å². The molecule has 0 atom stereocenters. The number of amides is 1. The van der Waals surface area contributed by atoms with Crippen molar-refractivity contribution < 1.29 is 22.7 Å². The van der Waals surface area contributed by atoms with Crippen molar-refractivity contribution in [2.24, 2.45) is 0 Å². The van der Waals surface area contributed by atoms with Crippen molar-refractivity contribution >= 4 is 33.2 Å². The fraction of sp³-hybridized carbons (Fsp3) is 0.208. The molecule has 0 radical (unpaired) electrons. The molecule has 7 nitrogen and oxygen atoms in total. The molecule has 0 fully saturated rings. The van der Waals surface area contributed by atoms with E-state index in [1.807, 2.05) is 30.3 Å². The number of para-hydroxylation sites is 2. The number of nitrogens with zero attached hydrogens (tertiary/aromatic N) is 1. The first-order chi connectivity index (χ1) is 15.8. The monoisotopic (exact) mass is 488 g/mol. The fourth-order valence-electron chi connectivity index (χ4n) is 3.24. The molecular formula is C24H25ClN2O5S. The lowest BCUT2D eigenvalue weighted by atomic mass is 10.1. The summed E-state index contributed by atoms with van der Waals surface area (Å²) >= 11 is 6.16. The van der Waals surface area contributed by atoms with Crippen LogP contribution in [0.1, 0.15) is 5.56 Å². The molecule has 1 amide bonds. The quantitative estimate of drug-likeness (QED) is 0.461. The van der Waals surface area contributed by atoms with Gasteiger partial charge in [0.2, 0.25) is 15.9 Å². The van der Waals surface area contributed by atoms with E-state index in [1.54, 1.807) is 24.3 Å². The van der Waals surface area contributed by atoms with Crippen LogP contribution in [0.25, 0.3) is 0 Å². The van der Waals surface area contributed by atoms with Crippen LogP contribution in [0.5, 0.6) is 11.5 Å². The van der Waals surface area contributed by atoms with E-state index in [1.165, 1.54) is 32.4 Å². The van der Waals surface area contributed by atoms with Gasteiger partial charge in [0.25, 0.3) is 0 Å². The number of carbonyl (C=O) groups is 1.